The number of amides is 1. The monoisotopic (exact) mass is 325 g/mol. The van der Waals surface area contributed by atoms with Gasteiger partial charge in [0.2, 0.25) is 5.76 Å². The van der Waals surface area contributed by atoms with Crippen molar-refractivity contribution in [2.45, 2.75) is 6.04 Å². The van der Waals surface area contributed by atoms with Gasteiger partial charge in [-0.3, -0.25) is 9.59 Å². The molecule has 0 saturated carbocycles. The van der Waals surface area contributed by atoms with Gasteiger partial charge in [-0.15, -0.1) is 0 Å². The largest absolute Gasteiger partial charge is 0.450 e. The highest BCUT2D eigenvalue weighted by Gasteiger charge is 2.40. The van der Waals surface area contributed by atoms with E-state index in [1.807, 2.05) is 6.07 Å². The maximum atomic E-state index is 12.9. The van der Waals surface area contributed by atoms with Gasteiger partial charge in [-0.2, -0.15) is 0 Å². The smallest absolute Gasteiger partial charge is 0.290 e. The van der Waals surface area contributed by atoms with E-state index in [4.69, 9.17) is 16.0 Å². The third-order valence-electron chi connectivity index (χ3n) is 4.17. The van der Waals surface area contributed by atoms with E-state index < -0.39 is 6.04 Å². The molecular weight excluding hydrogens is 314 g/mol. The third-order valence-corrected chi connectivity index (χ3v) is 4.41. The van der Waals surface area contributed by atoms with Crippen molar-refractivity contribution in [3.8, 4) is 0 Å². The molecule has 0 fully saturated rings. The van der Waals surface area contributed by atoms with Gasteiger partial charge in [0.15, 0.2) is 5.43 Å². The zero-order valence-electron chi connectivity index (χ0n) is 12.2. The molecule has 0 aliphatic carbocycles. The molecule has 114 valence electrons. The molecule has 0 N–H and O–H groups in total. The van der Waals surface area contributed by atoms with E-state index in [2.05, 4.69) is 0 Å². The standard InChI is InChI=1S/C18H12ClNO3/c1-20-15(10-5-4-6-11(19)9-10)14-16(21)12-7-2-3-8-13(12)23-17(14)18(20)22/h2-9,15H,1H3/t15-/m1/s1. The first kappa shape index (κ1) is 14.0. The molecule has 5 heteroatoms. The average molecular weight is 326 g/mol. The third kappa shape index (κ3) is 1.99. The number of nitrogens with zero attached hydrogens (tertiary/aromatic N) is 1. The van der Waals surface area contributed by atoms with Gasteiger partial charge in [-0.1, -0.05) is 35.9 Å². The quantitative estimate of drug-likeness (QED) is 0.686. The van der Waals surface area contributed by atoms with Crippen LogP contribution < -0.4 is 5.43 Å². The van der Waals surface area contributed by atoms with Crippen molar-refractivity contribution >= 4 is 28.5 Å². The summed E-state index contributed by atoms with van der Waals surface area (Å²) in [6, 6.07) is 13.6. The van der Waals surface area contributed by atoms with Crippen molar-refractivity contribution in [3.05, 3.63) is 80.7 Å². The van der Waals surface area contributed by atoms with Crippen LogP contribution in [0.1, 0.15) is 27.7 Å². The van der Waals surface area contributed by atoms with E-state index in [-0.39, 0.29) is 17.1 Å². The Balaban J connectivity index is 2.05. The summed E-state index contributed by atoms with van der Waals surface area (Å²) in [4.78, 5) is 26.9. The predicted octanol–water partition coefficient (Wildman–Crippen LogP) is 3.62. The molecule has 0 unspecified atom stereocenters. The Kier molecular flexibility index (Phi) is 3.03. The Morgan fingerprint density at radius 2 is 1.87 bits per heavy atom. The molecule has 0 radical (unpaired) electrons. The molecule has 4 nitrogen and oxygen atoms in total. The topological polar surface area (TPSA) is 50.5 Å². The van der Waals surface area contributed by atoms with E-state index in [0.29, 0.717) is 21.6 Å². The van der Waals surface area contributed by atoms with Crippen molar-refractivity contribution in [2.24, 2.45) is 0 Å². The molecule has 3 aromatic rings. The first-order valence-electron chi connectivity index (χ1n) is 7.16. The second kappa shape index (κ2) is 4.96. The lowest BCUT2D eigenvalue weighted by molar-refractivity contribution is 0.0771. The van der Waals surface area contributed by atoms with Crippen molar-refractivity contribution < 1.29 is 9.21 Å². The maximum absolute atomic E-state index is 12.9. The lowest BCUT2D eigenvalue weighted by Crippen LogP contribution is -2.25. The normalized spacial score (nSPS) is 16.9. The molecule has 1 aliphatic heterocycles. The number of para-hydroxylation sites is 1. The molecule has 1 aromatic heterocycles. The molecule has 1 aliphatic rings. The van der Waals surface area contributed by atoms with Crippen LogP contribution in [0.4, 0.5) is 0 Å². The van der Waals surface area contributed by atoms with Crippen LogP contribution in [-0.4, -0.2) is 17.9 Å². The second-order valence-corrected chi connectivity index (χ2v) is 5.98. The Hall–Kier alpha value is -2.59. The summed E-state index contributed by atoms with van der Waals surface area (Å²) in [6.07, 6.45) is 0. The second-order valence-electron chi connectivity index (χ2n) is 5.54. The molecule has 2 heterocycles. The SMILES string of the molecule is CN1C(=O)c2oc3ccccc3c(=O)c2[C@H]1c1cccc(Cl)c1. The highest BCUT2D eigenvalue weighted by atomic mass is 35.5. The molecule has 0 spiro atoms. The molecule has 1 amide bonds. The zero-order chi connectivity index (χ0) is 16.1. The van der Waals surface area contributed by atoms with Gasteiger partial charge in [-0.25, -0.2) is 0 Å². The Morgan fingerprint density at radius 1 is 1.09 bits per heavy atom. The fraction of sp³-hybridized carbons (Fsp3) is 0.111. The molecule has 0 saturated heterocycles. The van der Waals surface area contributed by atoms with Crippen LogP contribution in [-0.2, 0) is 0 Å². The number of rotatable bonds is 1. The lowest BCUT2D eigenvalue weighted by Gasteiger charge is -2.20. The lowest BCUT2D eigenvalue weighted by atomic mass is 9.99. The first-order chi connectivity index (χ1) is 11.1. The summed E-state index contributed by atoms with van der Waals surface area (Å²) < 4.78 is 5.73. The summed E-state index contributed by atoms with van der Waals surface area (Å²) in [7, 11) is 1.66. The van der Waals surface area contributed by atoms with Crippen LogP contribution in [0.2, 0.25) is 5.02 Å². The summed E-state index contributed by atoms with van der Waals surface area (Å²) in [5.41, 5.74) is 1.41. The Bertz CT molecular complexity index is 1010. The summed E-state index contributed by atoms with van der Waals surface area (Å²) in [5.74, 6) is -0.186. The minimum Gasteiger partial charge on any atom is -0.450 e. The minimum absolute atomic E-state index is 0.112. The van der Waals surface area contributed by atoms with Crippen LogP contribution in [0.5, 0.6) is 0 Å². The fourth-order valence-corrected chi connectivity index (χ4v) is 3.30. The predicted molar refractivity (Wildman–Crippen MR) is 87.9 cm³/mol. The van der Waals surface area contributed by atoms with Crippen LogP contribution in [0, 0.1) is 0 Å². The van der Waals surface area contributed by atoms with Crippen LogP contribution >= 0.6 is 11.6 Å². The number of hydrogen-bond acceptors (Lipinski definition) is 3. The van der Waals surface area contributed by atoms with Crippen molar-refractivity contribution in [1.29, 1.82) is 0 Å². The van der Waals surface area contributed by atoms with Crippen molar-refractivity contribution in [3.63, 3.8) is 0 Å². The van der Waals surface area contributed by atoms with Crippen LogP contribution in [0.3, 0.4) is 0 Å². The van der Waals surface area contributed by atoms with Crippen LogP contribution in [0.25, 0.3) is 11.0 Å². The van der Waals surface area contributed by atoms with Crippen molar-refractivity contribution in [1.82, 2.24) is 4.90 Å². The Morgan fingerprint density at radius 3 is 2.65 bits per heavy atom. The number of hydrogen-bond donors (Lipinski definition) is 0. The van der Waals surface area contributed by atoms with Gasteiger partial charge in [0.05, 0.1) is 17.0 Å². The summed E-state index contributed by atoms with van der Waals surface area (Å²) >= 11 is 6.06. The molecular formula is C18H12ClNO3. The number of benzene rings is 2. The van der Waals surface area contributed by atoms with Gasteiger partial charge in [-0.05, 0) is 29.8 Å². The number of fused-ring (bicyclic) bond motifs is 2. The molecule has 23 heavy (non-hydrogen) atoms. The zero-order valence-corrected chi connectivity index (χ0v) is 13.0. The molecule has 0 bridgehead atoms. The first-order valence-corrected chi connectivity index (χ1v) is 7.54. The highest BCUT2D eigenvalue weighted by molar-refractivity contribution is 6.30. The number of carbonyl (C=O) groups is 1. The van der Waals surface area contributed by atoms with Crippen molar-refractivity contribution in [2.75, 3.05) is 7.05 Å². The van der Waals surface area contributed by atoms with E-state index in [1.165, 1.54) is 4.90 Å². The van der Waals surface area contributed by atoms with Gasteiger partial charge >= 0.3 is 0 Å². The van der Waals surface area contributed by atoms with Crippen LogP contribution in [0.15, 0.2) is 57.7 Å². The van der Waals surface area contributed by atoms with Gasteiger partial charge in [0.1, 0.15) is 5.58 Å². The fourth-order valence-electron chi connectivity index (χ4n) is 3.10. The van der Waals surface area contributed by atoms with E-state index in [9.17, 15) is 9.59 Å². The van der Waals surface area contributed by atoms with Gasteiger partial charge < -0.3 is 9.32 Å². The molecule has 1 atom stereocenters. The van der Waals surface area contributed by atoms with Gasteiger partial charge in [0.25, 0.3) is 5.91 Å². The van der Waals surface area contributed by atoms with E-state index in [0.717, 1.165) is 5.56 Å². The minimum atomic E-state index is -0.489. The average Bonchev–Trinajstić information content (AvgIpc) is 2.80. The Labute approximate surface area is 136 Å². The number of carbonyl (C=O) groups excluding carboxylic acids is 1. The molecule has 4 rings (SSSR count). The summed E-state index contributed by atoms with van der Waals surface area (Å²) in [6.45, 7) is 0. The highest BCUT2D eigenvalue weighted by Crippen LogP contribution is 2.37. The van der Waals surface area contributed by atoms with E-state index >= 15 is 0 Å². The summed E-state index contributed by atoms with van der Waals surface area (Å²) in [5, 5.41) is 1.03. The maximum Gasteiger partial charge on any atom is 0.290 e. The molecule has 2 aromatic carbocycles. The van der Waals surface area contributed by atoms with Gasteiger partial charge in [0, 0.05) is 12.1 Å². The number of halogens is 1. The van der Waals surface area contributed by atoms with E-state index in [1.54, 1.807) is 49.5 Å².